The number of pyridine rings is 2. The van der Waals surface area contributed by atoms with Crippen molar-refractivity contribution in [3.8, 4) is 0 Å². The van der Waals surface area contributed by atoms with E-state index in [4.69, 9.17) is 11.6 Å². The number of nitrogens with zero attached hydrogens (tertiary/aromatic N) is 3. The summed E-state index contributed by atoms with van der Waals surface area (Å²) in [5.74, 6) is 0.756. The number of aromatic nitrogens is 2. The summed E-state index contributed by atoms with van der Waals surface area (Å²) in [6, 6.07) is 11.1. The number of carbonyl (C=O) groups excluding carboxylic acids is 1. The molecular formula is C20H19ClN4O. The highest BCUT2D eigenvalue weighted by atomic mass is 35.5. The first-order valence-electron chi connectivity index (χ1n) is 8.69. The fourth-order valence-corrected chi connectivity index (χ4v) is 3.45. The summed E-state index contributed by atoms with van der Waals surface area (Å²) in [6.07, 6.45) is 4.11. The molecular weight excluding hydrogens is 348 g/mol. The summed E-state index contributed by atoms with van der Waals surface area (Å²) in [6.45, 7) is 3.92. The average molecular weight is 367 g/mol. The molecule has 1 N–H and O–H groups in total. The molecule has 0 saturated carbocycles. The van der Waals surface area contributed by atoms with Crippen LogP contribution < -0.4 is 10.2 Å². The van der Waals surface area contributed by atoms with Gasteiger partial charge in [0.1, 0.15) is 5.82 Å². The van der Waals surface area contributed by atoms with Crippen LogP contribution in [0.25, 0.3) is 10.9 Å². The quantitative estimate of drug-likeness (QED) is 0.744. The van der Waals surface area contributed by atoms with Crippen LogP contribution in [0.5, 0.6) is 0 Å². The molecule has 1 aliphatic rings. The van der Waals surface area contributed by atoms with Crippen LogP contribution in [-0.4, -0.2) is 29.0 Å². The number of amides is 1. The lowest BCUT2D eigenvalue weighted by Crippen LogP contribution is -2.19. The van der Waals surface area contributed by atoms with Gasteiger partial charge in [-0.1, -0.05) is 11.6 Å². The summed E-state index contributed by atoms with van der Waals surface area (Å²) in [4.78, 5) is 23.9. The standard InChI is InChI=1S/C20H19ClN4O/c1-13-17(11-14-10-15(21)4-6-18(14)23-13)20(26)24-16-5-7-19(22-12-16)25-8-2-3-9-25/h4-7,10-12H,2-3,8-9H2,1H3,(H,24,26). The lowest BCUT2D eigenvalue weighted by atomic mass is 10.1. The van der Waals surface area contributed by atoms with E-state index in [2.05, 4.69) is 20.2 Å². The van der Waals surface area contributed by atoms with Gasteiger partial charge >= 0.3 is 0 Å². The first-order chi connectivity index (χ1) is 12.6. The van der Waals surface area contributed by atoms with E-state index in [1.807, 2.05) is 37.3 Å². The molecule has 26 heavy (non-hydrogen) atoms. The van der Waals surface area contributed by atoms with Gasteiger partial charge in [-0.15, -0.1) is 0 Å². The summed E-state index contributed by atoms with van der Waals surface area (Å²) in [5, 5.41) is 4.37. The van der Waals surface area contributed by atoms with Crippen molar-refractivity contribution < 1.29 is 4.79 Å². The molecule has 1 fully saturated rings. The number of anilines is 2. The highest BCUT2D eigenvalue weighted by Gasteiger charge is 2.15. The Morgan fingerprint density at radius 3 is 2.69 bits per heavy atom. The van der Waals surface area contributed by atoms with Crippen LogP contribution >= 0.6 is 11.6 Å². The minimum Gasteiger partial charge on any atom is -0.357 e. The molecule has 1 aromatic carbocycles. The first-order valence-corrected chi connectivity index (χ1v) is 9.07. The molecule has 5 nitrogen and oxygen atoms in total. The average Bonchev–Trinajstić information content (AvgIpc) is 3.17. The fourth-order valence-electron chi connectivity index (χ4n) is 3.27. The van der Waals surface area contributed by atoms with Crippen LogP contribution in [-0.2, 0) is 0 Å². The molecule has 132 valence electrons. The predicted molar refractivity (Wildman–Crippen MR) is 105 cm³/mol. The third kappa shape index (κ3) is 3.35. The summed E-state index contributed by atoms with van der Waals surface area (Å²) >= 11 is 6.05. The number of benzene rings is 1. The topological polar surface area (TPSA) is 58.1 Å². The second-order valence-electron chi connectivity index (χ2n) is 6.51. The Labute approximate surface area is 157 Å². The van der Waals surface area contributed by atoms with Crippen molar-refractivity contribution in [2.24, 2.45) is 0 Å². The maximum absolute atomic E-state index is 12.7. The molecule has 0 atom stereocenters. The summed E-state index contributed by atoms with van der Waals surface area (Å²) in [5.41, 5.74) is 2.70. The number of aryl methyl sites for hydroxylation is 1. The van der Waals surface area contributed by atoms with Crippen molar-refractivity contribution in [1.82, 2.24) is 9.97 Å². The van der Waals surface area contributed by atoms with Crippen LogP contribution in [0.3, 0.4) is 0 Å². The third-order valence-electron chi connectivity index (χ3n) is 4.65. The molecule has 0 aliphatic carbocycles. The molecule has 1 saturated heterocycles. The monoisotopic (exact) mass is 366 g/mol. The number of hydrogen-bond donors (Lipinski definition) is 1. The van der Waals surface area contributed by atoms with Crippen molar-refractivity contribution >= 4 is 39.9 Å². The molecule has 0 unspecified atom stereocenters. The molecule has 1 aliphatic heterocycles. The Bertz CT molecular complexity index is 965. The van der Waals surface area contributed by atoms with Crippen LogP contribution in [0.2, 0.25) is 5.02 Å². The van der Waals surface area contributed by atoms with Crippen molar-refractivity contribution in [1.29, 1.82) is 0 Å². The van der Waals surface area contributed by atoms with Crippen molar-refractivity contribution in [2.75, 3.05) is 23.3 Å². The minimum absolute atomic E-state index is 0.201. The zero-order valence-corrected chi connectivity index (χ0v) is 15.3. The van der Waals surface area contributed by atoms with Gasteiger partial charge in [-0.25, -0.2) is 4.98 Å². The molecule has 6 heteroatoms. The Kier molecular flexibility index (Phi) is 4.47. The normalized spacial score (nSPS) is 14.0. The van der Waals surface area contributed by atoms with Gasteiger partial charge in [0.15, 0.2) is 0 Å². The fraction of sp³-hybridized carbons (Fsp3) is 0.250. The van der Waals surface area contributed by atoms with Gasteiger partial charge < -0.3 is 10.2 Å². The van der Waals surface area contributed by atoms with Gasteiger partial charge in [-0.3, -0.25) is 9.78 Å². The largest absolute Gasteiger partial charge is 0.357 e. The summed E-state index contributed by atoms with van der Waals surface area (Å²) < 4.78 is 0. The molecule has 3 aromatic rings. The van der Waals surface area contributed by atoms with E-state index in [1.165, 1.54) is 12.8 Å². The second kappa shape index (κ2) is 6.92. The SMILES string of the molecule is Cc1nc2ccc(Cl)cc2cc1C(=O)Nc1ccc(N2CCCC2)nc1. The minimum atomic E-state index is -0.201. The van der Waals surface area contributed by atoms with Gasteiger partial charge in [-0.2, -0.15) is 0 Å². The number of nitrogens with one attached hydrogen (secondary N) is 1. The van der Waals surface area contributed by atoms with Gasteiger partial charge in [0.2, 0.25) is 0 Å². The Morgan fingerprint density at radius 1 is 1.15 bits per heavy atom. The third-order valence-corrected chi connectivity index (χ3v) is 4.88. The van der Waals surface area contributed by atoms with E-state index in [9.17, 15) is 4.79 Å². The highest BCUT2D eigenvalue weighted by Crippen LogP contribution is 2.22. The number of rotatable bonds is 3. The van der Waals surface area contributed by atoms with Crippen LogP contribution in [0.4, 0.5) is 11.5 Å². The molecule has 3 heterocycles. The molecule has 0 spiro atoms. The molecule has 0 radical (unpaired) electrons. The van der Waals surface area contributed by atoms with Crippen molar-refractivity contribution in [3.05, 3.63) is 58.9 Å². The van der Waals surface area contributed by atoms with Gasteiger partial charge in [0.05, 0.1) is 28.7 Å². The van der Waals surface area contributed by atoms with E-state index in [0.717, 1.165) is 29.8 Å². The molecule has 0 bridgehead atoms. The maximum atomic E-state index is 12.7. The van der Waals surface area contributed by atoms with Crippen LogP contribution in [0.1, 0.15) is 28.9 Å². The van der Waals surface area contributed by atoms with E-state index in [0.29, 0.717) is 22.0 Å². The molecule has 2 aromatic heterocycles. The smallest absolute Gasteiger partial charge is 0.257 e. The van der Waals surface area contributed by atoms with Gasteiger partial charge in [0.25, 0.3) is 5.91 Å². The Morgan fingerprint density at radius 2 is 1.96 bits per heavy atom. The first kappa shape index (κ1) is 16.8. The second-order valence-corrected chi connectivity index (χ2v) is 6.95. The van der Waals surface area contributed by atoms with Gasteiger partial charge in [-0.05, 0) is 56.2 Å². The van der Waals surface area contributed by atoms with Crippen molar-refractivity contribution in [2.45, 2.75) is 19.8 Å². The number of carbonyl (C=O) groups is 1. The maximum Gasteiger partial charge on any atom is 0.257 e. The van der Waals surface area contributed by atoms with Crippen LogP contribution in [0.15, 0.2) is 42.6 Å². The number of hydrogen-bond acceptors (Lipinski definition) is 4. The zero-order valence-electron chi connectivity index (χ0n) is 14.5. The number of halogens is 1. The lowest BCUT2D eigenvalue weighted by molar-refractivity contribution is 0.102. The summed E-state index contributed by atoms with van der Waals surface area (Å²) in [7, 11) is 0. The van der Waals surface area contributed by atoms with E-state index in [-0.39, 0.29) is 5.91 Å². The van der Waals surface area contributed by atoms with E-state index in [1.54, 1.807) is 12.3 Å². The van der Waals surface area contributed by atoms with Gasteiger partial charge in [0, 0.05) is 23.5 Å². The lowest BCUT2D eigenvalue weighted by Gasteiger charge is -2.16. The number of fused-ring (bicyclic) bond motifs is 1. The van der Waals surface area contributed by atoms with Crippen LogP contribution in [0, 0.1) is 6.92 Å². The Balaban J connectivity index is 1.55. The molecule has 4 rings (SSSR count). The predicted octanol–water partition coefficient (Wildman–Crippen LogP) is 4.44. The zero-order chi connectivity index (χ0) is 18.1. The van der Waals surface area contributed by atoms with E-state index < -0.39 is 0 Å². The van der Waals surface area contributed by atoms with Crippen molar-refractivity contribution in [3.63, 3.8) is 0 Å². The highest BCUT2D eigenvalue weighted by molar-refractivity contribution is 6.31. The van der Waals surface area contributed by atoms with E-state index >= 15 is 0 Å². The molecule has 1 amide bonds. The Hall–Kier alpha value is -2.66.